The smallest absolute Gasteiger partial charge is 0.297 e. The van der Waals surface area contributed by atoms with Crippen molar-refractivity contribution in [2.24, 2.45) is 11.8 Å². The van der Waals surface area contributed by atoms with Crippen molar-refractivity contribution in [2.75, 3.05) is 0 Å². The Hall–Kier alpha value is -0.910. The molecule has 0 amide bonds. The van der Waals surface area contributed by atoms with Gasteiger partial charge in [0.2, 0.25) is 0 Å². The van der Waals surface area contributed by atoms with Crippen molar-refractivity contribution in [3.05, 3.63) is 29.8 Å². The van der Waals surface area contributed by atoms with Crippen molar-refractivity contribution in [2.45, 2.75) is 55.1 Å². The Balaban J connectivity index is 1.71. The molecule has 0 saturated heterocycles. The van der Waals surface area contributed by atoms with Crippen molar-refractivity contribution in [1.29, 1.82) is 0 Å². The van der Waals surface area contributed by atoms with Crippen molar-refractivity contribution in [3.8, 4) is 0 Å². The third kappa shape index (κ3) is 1.65. The third-order valence-corrected chi connectivity index (χ3v) is 7.31. The van der Waals surface area contributed by atoms with Crippen molar-refractivity contribution < 1.29 is 17.7 Å². The topological polar surface area (TPSA) is 63.6 Å². The largest absolute Gasteiger partial charge is 0.387 e. The van der Waals surface area contributed by atoms with Gasteiger partial charge in [-0.2, -0.15) is 8.42 Å². The molecule has 0 aliphatic heterocycles. The average molecular weight is 308 g/mol. The lowest BCUT2D eigenvalue weighted by Crippen LogP contribution is -2.49. The van der Waals surface area contributed by atoms with Crippen LogP contribution < -0.4 is 0 Å². The first-order valence-electron chi connectivity index (χ1n) is 7.62. The second-order valence-electron chi connectivity index (χ2n) is 6.87. The van der Waals surface area contributed by atoms with Crippen molar-refractivity contribution >= 4 is 10.1 Å². The molecule has 1 aromatic carbocycles. The van der Waals surface area contributed by atoms with Crippen LogP contribution in [0.15, 0.2) is 29.2 Å². The summed E-state index contributed by atoms with van der Waals surface area (Å²) in [5.41, 5.74) is -0.802. The predicted octanol–water partition coefficient (Wildman–Crippen LogP) is 2.39. The first kappa shape index (κ1) is 13.7. The minimum absolute atomic E-state index is 0.181. The lowest BCUT2D eigenvalue weighted by atomic mass is 9.84. The normalized spacial score (nSPS) is 40.9. The average Bonchev–Trinajstić information content (AvgIpc) is 2.94. The zero-order chi connectivity index (χ0) is 14.9. The Morgan fingerprint density at radius 2 is 1.81 bits per heavy atom. The highest BCUT2D eigenvalue weighted by atomic mass is 32.2. The Labute approximate surface area is 125 Å². The summed E-state index contributed by atoms with van der Waals surface area (Å²) < 4.78 is 30.9. The van der Waals surface area contributed by atoms with Crippen LogP contribution in [-0.2, 0) is 14.3 Å². The van der Waals surface area contributed by atoms with Gasteiger partial charge in [-0.05, 0) is 63.0 Å². The van der Waals surface area contributed by atoms with Gasteiger partial charge in [0.25, 0.3) is 10.1 Å². The first-order valence-corrected chi connectivity index (χ1v) is 9.03. The quantitative estimate of drug-likeness (QED) is 0.871. The van der Waals surface area contributed by atoms with Crippen LogP contribution in [0.5, 0.6) is 0 Å². The zero-order valence-corrected chi connectivity index (χ0v) is 12.9. The first-order chi connectivity index (χ1) is 9.87. The van der Waals surface area contributed by atoms with E-state index in [1.165, 1.54) is 0 Å². The molecule has 0 heterocycles. The molecule has 1 aromatic rings. The van der Waals surface area contributed by atoms with Gasteiger partial charge in [-0.1, -0.05) is 17.7 Å². The second kappa shape index (κ2) is 4.09. The fourth-order valence-corrected chi connectivity index (χ4v) is 6.21. The van der Waals surface area contributed by atoms with E-state index in [2.05, 4.69) is 0 Å². The molecule has 3 fully saturated rings. The van der Waals surface area contributed by atoms with E-state index in [0.717, 1.165) is 24.8 Å². The lowest BCUT2D eigenvalue weighted by molar-refractivity contribution is -0.0922. The van der Waals surface area contributed by atoms with E-state index >= 15 is 0 Å². The minimum Gasteiger partial charge on any atom is -0.387 e. The maximum absolute atomic E-state index is 12.6. The summed E-state index contributed by atoms with van der Waals surface area (Å²) in [7, 11) is -3.83. The van der Waals surface area contributed by atoms with Crippen molar-refractivity contribution in [3.63, 3.8) is 0 Å². The van der Waals surface area contributed by atoms with Gasteiger partial charge < -0.3 is 5.11 Å². The van der Waals surface area contributed by atoms with Gasteiger partial charge in [0, 0.05) is 0 Å². The maximum atomic E-state index is 12.6. The Bertz CT molecular complexity index is 681. The van der Waals surface area contributed by atoms with Crippen LogP contribution in [0.4, 0.5) is 0 Å². The fraction of sp³-hybridized carbons (Fsp3) is 0.625. The van der Waals surface area contributed by atoms with E-state index in [1.54, 1.807) is 24.3 Å². The Morgan fingerprint density at radius 3 is 2.43 bits per heavy atom. The van der Waals surface area contributed by atoms with Gasteiger partial charge in [0.1, 0.15) is 5.60 Å². The van der Waals surface area contributed by atoms with Gasteiger partial charge in [-0.15, -0.1) is 0 Å². The van der Waals surface area contributed by atoms with Gasteiger partial charge in [-0.3, -0.25) is 4.18 Å². The number of hydrogen-bond donors (Lipinski definition) is 1. The summed E-state index contributed by atoms with van der Waals surface area (Å²) in [6, 6.07) is 6.69. The van der Waals surface area contributed by atoms with Crippen LogP contribution in [0.1, 0.15) is 37.7 Å². The summed E-state index contributed by atoms with van der Waals surface area (Å²) >= 11 is 0. The van der Waals surface area contributed by atoms with Crippen LogP contribution in [0.2, 0.25) is 0 Å². The number of rotatable bonds is 3. The molecule has 1 N–H and O–H groups in total. The molecule has 3 aliphatic carbocycles. The van der Waals surface area contributed by atoms with Gasteiger partial charge in [0.15, 0.2) is 0 Å². The summed E-state index contributed by atoms with van der Waals surface area (Å²) in [6.07, 6.45) is 3.97. The molecule has 4 nitrogen and oxygen atoms in total. The van der Waals surface area contributed by atoms with Gasteiger partial charge in [-0.25, -0.2) is 0 Å². The summed E-state index contributed by atoms with van der Waals surface area (Å²) in [5.74, 6) is 0.394. The van der Waals surface area contributed by atoms with E-state index in [1.807, 2.05) is 6.92 Å². The highest BCUT2D eigenvalue weighted by molar-refractivity contribution is 7.86. The number of hydrogen-bond acceptors (Lipinski definition) is 4. The molecule has 5 heteroatoms. The van der Waals surface area contributed by atoms with Gasteiger partial charge >= 0.3 is 0 Å². The van der Waals surface area contributed by atoms with Crippen LogP contribution in [-0.4, -0.2) is 24.7 Å². The monoisotopic (exact) mass is 308 g/mol. The lowest BCUT2D eigenvalue weighted by Gasteiger charge is -2.35. The summed E-state index contributed by atoms with van der Waals surface area (Å²) in [5, 5.41) is 11.0. The number of aryl methyl sites for hydroxylation is 1. The third-order valence-electron chi connectivity index (χ3n) is 5.94. The summed E-state index contributed by atoms with van der Waals surface area (Å²) in [4.78, 5) is 0.181. The van der Waals surface area contributed by atoms with Crippen LogP contribution in [0.25, 0.3) is 0 Å². The predicted molar refractivity (Wildman–Crippen MR) is 77.2 cm³/mol. The van der Waals surface area contributed by atoms with Crippen LogP contribution in [0.3, 0.4) is 0 Å². The molecule has 0 unspecified atom stereocenters. The highest BCUT2D eigenvalue weighted by Crippen LogP contribution is 2.68. The van der Waals surface area contributed by atoms with Crippen molar-refractivity contribution in [1.82, 2.24) is 0 Å². The van der Waals surface area contributed by atoms with E-state index in [9.17, 15) is 13.5 Å². The molecule has 21 heavy (non-hydrogen) atoms. The molecule has 0 spiro atoms. The number of benzene rings is 1. The second-order valence-corrected chi connectivity index (χ2v) is 8.42. The van der Waals surface area contributed by atoms with Gasteiger partial charge in [0.05, 0.1) is 10.5 Å². The molecular weight excluding hydrogens is 288 g/mol. The molecular formula is C16H20O4S. The van der Waals surface area contributed by atoms with Crippen LogP contribution >= 0.6 is 0 Å². The van der Waals surface area contributed by atoms with E-state index in [4.69, 9.17) is 4.18 Å². The number of aliphatic hydroxyl groups is 1. The highest BCUT2D eigenvalue weighted by Gasteiger charge is 2.74. The maximum Gasteiger partial charge on any atom is 0.297 e. The SMILES string of the molecule is Cc1ccc(S(=O)(=O)O[C@@]23CC[C@@H]4C[C@H]2CC[C@@]43O)cc1. The van der Waals surface area contributed by atoms with E-state index in [0.29, 0.717) is 12.8 Å². The molecule has 4 atom stereocenters. The molecule has 3 aliphatic rings. The van der Waals surface area contributed by atoms with E-state index < -0.39 is 21.3 Å². The molecule has 3 saturated carbocycles. The zero-order valence-electron chi connectivity index (χ0n) is 12.1. The van der Waals surface area contributed by atoms with Crippen LogP contribution in [0, 0.1) is 18.8 Å². The Kier molecular flexibility index (Phi) is 2.67. The summed E-state index contributed by atoms with van der Waals surface area (Å²) in [6.45, 7) is 1.91. The molecule has 4 rings (SSSR count). The Morgan fingerprint density at radius 1 is 1.14 bits per heavy atom. The fourth-order valence-electron chi connectivity index (χ4n) is 4.89. The standard InChI is InChI=1S/C16H20O4S/c1-11-2-4-14(5-3-11)21(18,19)20-16-9-7-12-10-13(16)6-8-15(12,16)17/h2-5,12-13,17H,6-10H2,1H3/t12-,13-,15-,16+/m1/s1. The molecule has 4 bridgehead atoms. The molecule has 0 aromatic heterocycles. The van der Waals surface area contributed by atoms with E-state index in [-0.39, 0.29) is 16.7 Å². The molecule has 0 radical (unpaired) electrons. The molecule has 114 valence electrons. The minimum atomic E-state index is -3.83.